The number of nitrogens with one attached hydrogen (secondary N) is 1. The Kier molecular flexibility index (Phi) is 7.31. The van der Waals surface area contributed by atoms with Gasteiger partial charge >= 0.3 is 0 Å². The minimum Gasteiger partial charge on any atom is -0.367 e. The van der Waals surface area contributed by atoms with Crippen LogP contribution in [0.4, 0.5) is 15.8 Å². The predicted molar refractivity (Wildman–Crippen MR) is 127 cm³/mol. The normalized spacial score (nSPS) is 19.3. The highest BCUT2D eigenvalue weighted by atomic mass is 32.2. The molecule has 2 saturated heterocycles. The number of rotatable bonds is 6. The number of hydrogen-bond donors (Lipinski definition) is 1. The Bertz CT molecular complexity index is 1060. The van der Waals surface area contributed by atoms with Crippen LogP contribution in [0.25, 0.3) is 0 Å². The Hall–Kier alpha value is -2.49. The number of hydrogen-bond acceptors (Lipinski definition) is 5. The van der Waals surface area contributed by atoms with Gasteiger partial charge in [0.05, 0.1) is 16.6 Å². The molecule has 1 N–H and O–H groups in total. The largest absolute Gasteiger partial charge is 0.367 e. The smallest absolute Gasteiger partial charge is 0.243 e. The van der Waals surface area contributed by atoms with Gasteiger partial charge in [-0.25, -0.2) is 12.8 Å². The van der Waals surface area contributed by atoms with E-state index in [9.17, 15) is 17.6 Å². The first-order valence-corrected chi connectivity index (χ1v) is 12.9. The molecule has 0 aromatic heterocycles. The zero-order valence-electron chi connectivity index (χ0n) is 18.9. The lowest BCUT2D eigenvalue weighted by molar-refractivity contribution is -0.120. The lowest BCUT2D eigenvalue weighted by atomic mass is 10.2. The first-order valence-electron chi connectivity index (χ1n) is 11.5. The van der Waals surface area contributed by atoms with Crippen LogP contribution in [-0.2, 0) is 14.8 Å². The van der Waals surface area contributed by atoms with Crippen molar-refractivity contribution >= 4 is 27.3 Å². The summed E-state index contributed by atoms with van der Waals surface area (Å²) in [6, 6.07) is 12.8. The molecule has 1 atom stereocenters. The summed E-state index contributed by atoms with van der Waals surface area (Å²) < 4.78 is 41.2. The highest BCUT2D eigenvalue weighted by molar-refractivity contribution is 7.89. The number of benzene rings is 2. The van der Waals surface area contributed by atoms with Crippen molar-refractivity contribution in [2.24, 2.45) is 0 Å². The van der Waals surface area contributed by atoms with E-state index in [0.717, 1.165) is 19.3 Å². The fraction of sp³-hybridized carbons (Fsp3) is 0.458. The van der Waals surface area contributed by atoms with E-state index in [1.807, 2.05) is 17.9 Å². The van der Waals surface area contributed by atoms with Crippen LogP contribution < -0.4 is 10.2 Å². The van der Waals surface area contributed by atoms with Crippen LogP contribution >= 0.6 is 0 Å². The van der Waals surface area contributed by atoms with Gasteiger partial charge in [-0.15, -0.1) is 0 Å². The van der Waals surface area contributed by atoms with Crippen LogP contribution in [0.15, 0.2) is 53.4 Å². The summed E-state index contributed by atoms with van der Waals surface area (Å²) in [7, 11) is -3.49. The average Bonchev–Trinajstić information content (AvgIpc) is 2.85. The monoisotopic (exact) mass is 474 g/mol. The Balaban J connectivity index is 1.32. The third kappa shape index (κ3) is 5.37. The van der Waals surface area contributed by atoms with Gasteiger partial charge in [-0.05, 0) is 56.2 Å². The van der Waals surface area contributed by atoms with Gasteiger partial charge in [0.1, 0.15) is 5.82 Å². The number of amides is 1. The number of nitrogens with zero attached hydrogens (tertiary/aromatic N) is 3. The molecule has 0 bridgehead atoms. The molecule has 0 radical (unpaired) electrons. The molecule has 7 nitrogen and oxygen atoms in total. The van der Waals surface area contributed by atoms with E-state index in [0.29, 0.717) is 50.6 Å². The third-order valence-corrected chi connectivity index (χ3v) is 8.42. The first kappa shape index (κ1) is 23.7. The van der Waals surface area contributed by atoms with Gasteiger partial charge in [-0.3, -0.25) is 9.69 Å². The molecule has 2 fully saturated rings. The molecule has 0 saturated carbocycles. The molecule has 2 aromatic rings. The number of halogens is 1. The fourth-order valence-electron chi connectivity index (χ4n) is 4.44. The zero-order valence-corrected chi connectivity index (χ0v) is 19.7. The van der Waals surface area contributed by atoms with Gasteiger partial charge in [-0.1, -0.05) is 18.6 Å². The van der Waals surface area contributed by atoms with E-state index in [1.165, 1.54) is 10.4 Å². The second-order valence-electron chi connectivity index (χ2n) is 8.63. The van der Waals surface area contributed by atoms with Gasteiger partial charge in [0.15, 0.2) is 0 Å². The Labute approximate surface area is 195 Å². The predicted octanol–water partition coefficient (Wildman–Crippen LogP) is 3.15. The van der Waals surface area contributed by atoms with Crippen molar-refractivity contribution in [1.29, 1.82) is 0 Å². The lowest BCUT2D eigenvalue weighted by Gasteiger charge is -2.38. The molecular formula is C24H31FN4O3S. The van der Waals surface area contributed by atoms with Crippen LogP contribution in [0.1, 0.15) is 26.2 Å². The average molecular weight is 475 g/mol. The van der Waals surface area contributed by atoms with E-state index >= 15 is 0 Å². The number of sulfonamides is 1. The van der Waals surface area contributed by atoms with Gasteiger partial charge in [0, 0.05) is 45.0 Å². The number of para-hydroxylation sites is 1. The van der Waals surface area contributed by atoms with Gasteiger partial charge in [0.25, 0.3) is 0 Å². The molecule has 2 heterocycles. The molecule has 0 unspecified atom stereocenters. The van der Waals surface area contributed by atoms with E-state index in [-0.39, 0.29) is 22.7 Å². The van der Waals surface area contributed by atoms with Crippen LogP contribution in [0, 0.1) is 5.82 Å². The van der Waals surface area contributed by atoms with Crippen LogP contribution in [0.2, 0.25) is 0 Å². The molecule has 1 amide bonds. The number of carbonyl (C=O) groups is 1. The Morgan fingerprint density at radius 3 is 2.18 bits per heavy atom. The van der Waals surface area contributed by atoms with Gasteiger partial charge in [0.2, 0.25) is 15.9 Å². The standard InChI is InChI=1S/C24H31FN4O3S/c1-19(27-15-17-28(18-16-27)23-8-4-3-7-22(23)25)24(30)26-20-9-11-21(12-10-20)33(31,32)29-13-5-2-6-14-29/h3-4,7-12,19H,2,5-6,13-18H2,1H3,(H,26,30)/t19-/m1/s1. The Morgan fingerprint density at radius 2 is 1.55 bits per heavy atom. The fourth-order valence-corrected chi connectivity index (χ4v) is 5.95. The molecular weight excluding hydrogens is 443 g/mol. The van der Waals surface area contributed by atoms with Crippen molar-refractivity contribution < 1.29 is 17.6 Å². The maximum absolute atomic E-state index is 14.0. The second kappa shape index (κ2) is 10.2. The van der Waals surface area contributed by atoms with Crippen molar-refractivity contribution in [3.05, 3.63) is 54.3 Å². The molecule has 2 aliphatic rings. The number of anilines is 2. The van der Waals surface area contributed by atoms with Crippen molar-refractivity contribution in [2.45, 2.75) is 37.1 Å². The van der Waals surface area contributed by atoms with E-state index in [2.05, 4.69) is 10.2 Å². The molecule has 0 spiro atoms. The van der Waals surface area contributed by atoms with Crippen LogP contribution in [0.3, 0.4) is 0 Å². The van der Waals surface area contributed by atoms with Crippen molar-refractivity contribution in [3.63, 3.8) is 0 Å². The van der Waals surface area contributed by atoms with Crippen molar-refractivity contribution in [2.75, 3.05) is 49.5 Å². The van der Waals surface area contributed by atoms with E-state index in [1.54, 1.807) is 36.4 Å². The van der Waals surface area contributed by atoms with Crippen LogP contribution in [-0.4, -0.2) is 68.8 Å². The highest BCUT2D eigenvalue weighted by Gasteiger charge is 2.28. The number of carbonyl (C=O) groups excluding carboxylic acids is 1. The minimum absolute atomic E-state index is 0.152. The zero-order chi connectivity index (χ0) is 23.4. The van der Waals surface area contributed by atoms with Crippen molar-refractivity contribution in [3.8, 4) is 0 Å². The molecule has 9 heteroatoms. The maximum atomic E-state index is 14.0. The summed E-state index contributed by atoms with van der Waals surface area (Å²) in [5, 5.41) is 2.89. The molecule has 0 aliphatic carbocycles. The highest BCUT2D eigenvalue weighted by Crippen LogP contribution is 2.23. The number of piperazine rings is 1. The van der Waals surface area contributed by atoms with Crippen molar-refractivity contribution in [1.82, 2.24) is 9.21 Å². The summed E-state index contributed by atoms with van der Waals surface area (Å²) in [5.74, 6) is -0.386. The number of piperidine rings is 1. The molecule has 2 aromatic carbocycles. The Morgan fingerprint density at radius 1 is 0.909 bits per heavy atom. The SMILES string of the molecule is C[C@H](C(=O)Nc1ccc(S(=O)(=O)N2CCCCC2)cc1)N1CCN(c2ccccc2F)CC1. The van der Waals surface area contributed by atoms with Crippen LogP contribution in [0.5, 0.6) is 0 Å². The molecule has 2 aliphatic heterocycles. The second-order valence-corrected chi connectivity index (χ2v) is 10.6. The van der Waals surface area contributed by atoms with E-state index in [4.69, 9.17) is 0 Å². The molecule has 33 heavy (non-hydrogen) atoms. The summed E-state index contributed by atoms with van der Waals surface area (Å²) in [6.07, 6.45) is 2.84. The molecule has 4 rings (SSSR count). The van der Waals surface area contributed by atoms with E-state index < -0.39 is 10.0 Å². The minimum atomic E-state index is -3.49. The quantitative estimate of drug-likeness (QED) is 0.696. The third-order valence-electron chi connectivity index (χ3n) is 6.51. The topological polar surface area (TPSA) is 73.0 Å². The maximum Gasteiger partial charge on any atom is 0.243 e. The van der Waals surface area contributed by atoms with Gasteiger partial charge in [-0.2, -0.15) is 4.31 Å². The first-order chi connectivity index (χ1) is 15.9. The summed E-state index contributed by atoms with van der Waals surface area (Å²) in [6.45, 7) is 5.55. The van der Waals surface area contributed by atoms with Gasteiger partial charge < -0.3 is 10.2 Å². The summed E-state index contributed by atoms with van der Waals surface area (Å²) >= 11 is 0. The molecule has 178 valence electrons. The summed E-state index contributed by atoms with van der Waals surface area (Å²) in [4.78, 5) is 17.1. The lowest BCUT2D eigenvalue weighted by Crippen LogP contribution is -2.53. The summed E-state index contributed by atoms with van der Waals surface area (Å²) in [5.41, 5.74) is 1.16.